The number of urea groups is 1. The topological polar surface area (TPSA) is 81.7 Å². The molecule has 1 heterocycles. The third-order valence-electron chi connectivity index (χ3n) is 5.63. The van der Waals surface area contributed by atoms with Crippen LogP contribution < -0.4 is 10.6 Å². The van der Waals surface area contributed by atoms with Gasteiger partial charge in [0.15, 0.2) is 0 Å². The maximum Gasteiger partial charge on any atom is 0.317 e. The van der Waals surface area contributed by atoms with Crippen molar-refractivity contribution in [2.75, 3.05) is 13.1 Å². The summed E-state index contributed by atoms with van der Waals surface area (Å²) in [5.74, 6) is 0.128. The molecule has 2 atom stereocenters. The molecule has 1 aliphatic heterocycles. The van der Waals surface area contributed by atoms with E-state index in [0.29, 0.717) is 19.0 Å². The van der Waals surface area contributed by atoms with Gasteiger partial charge in [-0.3, -0.25) is 4.79 Å². The monoisotopic (exact) mass is 373 g/mol. The number of benzene rings is 1. The van der Waals surface area contributed by atoms with Gasteiger partial charge in [-0.25, -0.2) is 4.79 Å². The van der Waals surface area contributed by atoms with Gasteiger partial charge < -0.3 is 20.6 Å². The first-order valence-corrected chi connectivity index (χ1v) is 10.1. The average Bonchev–Trinajstić information content (AvgIpc) is 3.16. The van der Waals surface area contributed by atoms with Gasteiger partial charge >= 0.3 is 6.03 Å². The summed E-state index contributed by atoms with van der Waals surface area (Å²) in [6.45, 7) is 3.21. The minimum Gasteiger partial charge on any atom is -0.508 e. The van der Waals surface area contributed by atoms with Gasteiger partial charge in [-0.05, 0) is 56.7 Å². The maximum absolute atomic E-state index is 12.7. The van der Waals surface area contributed by atoms with Crippen molar-refractivity contribution in [1.29, 1.82) is 0 Å². The maximum atomic E-state index is 12.7. The Morgan fingerprint density at radius 1 is 1.15 bits per heavy atom. The quantitative estimate of drug-likeness (QED) is 0.742. The predicted octanol–water partition coefficient (Wildman–Crippen LogP) is 2.80. The third-order valence-corrected chi connectivity index (χ3v) is 5.63. The molecule has 1 saturated carbocycles. The van der Waals surface area contributed by atoms with E-state index in [1.165, 1.54) is 12.8 Å². The Morgan fingerprint density at radius 3 is 2.56 bits per heavy atom. The second kappa shape index (κ2) is 9.11. The molecule has 2 unspecified atom stereocenters. The Hall–Kier alpha value is -2.24. The van der Waals surface area contributed by atoms with E-state index < -0.39 is 0 Å². The Labute approximate surface area is 161 Å². The highest BCUT2D eigenvalue weighted by Crippen LogP contribution is 2.20. The summed E-state index contributed by atoms with van der Waals surface area (Å²) in [6.07, 6.45) is 6.92. The largest absolute Gasteiger partial charge is 0.508 e. The number of nitrogens with one attached hydrogen (secondary N) is 2. The molecule has 6 heteroatoms. The van der Waals surface area contributed by atoms with E-state index >= 15 is 0 Å². The molecule has 0 spiro atoms. The number of likely N-dealkylation sites (tertiary alicyclic amines) is 1. The molecule has 148 valence electrons. The van der Waals surface area contributed by atoms with Crippen molar-refractivity contribution >= 4 is 11.9 Å². The Bertz CT molecular complexity index is 641. The van der Waals surface area contributed by atoms with Gasteiger partial charge in [0.25, 0.3) is 0 Å². The van der Waals surface area contributed by atoms with Gasteiger partial charge in [0.2, 0.25) is 5.91 Å². The lowest BCUT2D eigenvalue weighted by atomic mass is 9.96. The molecule has 27 heavy (non-hydrogen) atoms. The lowest BCUT2D eigenvalue weighted by Crippen LogP contribution is -2.51. The van der Waals surface area contributed by atoms with Crippen molar-refractivity contribution in [3.8, 4) is 5.75 Å². The van der Waals surface area contributed by atoms with E-state index in [2.05, 4.69) is 10.6 Å². The second-order valence-corrected chi connectivity index (χ2v) is 8.00. The molecule has 1 aliphatic carbocycles. The molecule has 1 aromatic rings. The van der Waals surface area contributed by atoms with Crippen molar-refractivity contribution in [2.45, 2.75) is 64.0 Å². The summed E-state index contributed by atoms with van der Waals surface area (Å²) >= 11 is 0. The van der Waals surface area contributed by atoms with E-state index in [1.807, 2.05) is 19.1 Å². The number of phenolic OH excluding ortho intramolecular Hbond substituents is 1. The number of hydrogen-bond donors (Lipinski definition) is 3. The number of carbonyl (C=O) groups is 2. The van der Waals surface area contributed by atoms with Crippen LogP contribution in [0.4, 0.5) is 4.79 Å². The molecule has 1 aromatic carbocycles. The standard InChI is InChI=1S/C21H31N3O3/c1-15(13-16-8-10-19(25)11-9-16)22-20(26)17-5-4-12-24(14-17)21(27)23-18-6-2-3-7-18/h8-11,15,17-18,25H,2-7,12-14H2,1H3,(H,22,26)(H,23,27). The van der Waals surface area contributed by atoms with E-state index in [9.17, 15) is 14.7 Å². The fourth-order valence-corrected chi connectivity index (χ4v) is 4.11. The number of amides is 3. The minimum absolute atomic E-state index is 0.00438. The predicted molar refractivity (Wildman–Crippen MR) is 105 cm³/mol. The zero-order valence-corrected chi connectivity index (χ0v) is 16.1. The lowest BCUT2D eigenvalue weighted by molar-refractivity contribution is -0.126. The zero-order chi connectivity index (χ0) is 19.2. The number of nitrogens with zero attached hydrogens (tertiary/aromatic N) is 1. The first-order chi connectivity index (χ1) is 13.0. The highest BCUT2D eigenvalue weighted by atomic mass is 16.3. The first kappa shape index (κ1) is 19.5. The summed E-state index contributed by atoms with van der Waals surface area (Å²) in [6, 6.07) is 7.34. The van der Waals surface area contributed by atoms with Crippen LogP contribution in [0.3, 0.4) is 0 Å². The normalized spacial score (nSPS) is 21.7. The van der Waals surface area contributed by atoms with Gasteiger partial charge in [-0.15, -0.1) is 0 Å². The lowest BCUT2D eigenvalue weighted by Gasteiger charge is -2.33. The SMILES string of the molecule is CC(Cc1ccc(O)cc1)NC(=O)C1CCCN(C(=O)NC2CCCC2)C1. The Morgan fingerprint density at radius 2 is 1.85 bits per heavy atom. The Balaban J connectivity index is 1.47. The number of piperidine rings is 1. The second-order valence-electron chi connectivity index (χ2n) is 8.00. The summed E-state index contributed by atoms with van der Waals surface area (Å²) in [4.78, 5) is 26.9. The van der Waals surface area contributed by atoms with Crippen LogP contribution in [0.2, 0.25) is 0 Å². The fourth-order valence-electron chi connectivity index (χ4n) is 4.11. The molecule has 0 radical (unpaired) electrons. The van der Waals surface area contributed by atoms with E-state index in [0.717, 1.165) is 37.8 Å². The van der Waals surface area contributed by atoms with Crippen molar-refractivity contribution in [2.24, 2.45) is 5.92 Å². The third kappa shape index (κ3) is 5.62. The van der Waals surface area contributed by atoms with Crippen molar-refractivity contribution < 1.29 is 14.7 Å². The number of hydrogen-bond acceptors (Lipinski definition) is 3. The van der Waals surface area contributed by atoms with E-state index in [-0.39, 0.29) is 29.6 Å². The molecule has 2 fully saturated rings. The minimum atomic E-state index is -0.143. The zero-order valence-electron chi connectivity index (χ0n) is 16.1. The highest BCUT2D eigenvalue weighted by molar-refractivity contribution is 5.81. The van der Waals surface area contributed by atoms with Crippen LogP contribution in [-0.4, -0.2) is 47.1 Å². The van der Waals surface area contributed by atoms with Crippen LogP contribution in [0, 0.1) is 5.92 Å². The number of aromatic hydroxyl groups is 1. The summed E-state index contributed by atoms with van der Waals surface area (Å²) in [7, 11) is 0. The molecular formula is C21H31N3O3. The molecule has 2 aliphatic rings. The molecule has 3 rings (SSSR count). The molecule has 1 saturated heterocycles. The van der Waals surface area contributed by atoms with Gasteiger partial charge in [0.1, 0.15) is 5.75 Å². The smallest absolute Gasteiger partial charge is 0.317 e. The van der Waals surface area contributed by atoms with Crippen LogP contribution in [0.5, 0.6) is 5.75 Å². The molecular weight excluding hydrogens is 342 g/mol. The molecule has 0 aromatic heterocycles. The van der Waals surface area contributed by atoms with Gasteiger partial charge in [-0.2, -0.15) is 0 Å². The molecule has 3 N–H and O–H groups in total. The molecule has 3 amide bonds. The summed E-state index contributed by atoms with van der Waals surface area (Å²) in [5.41, 5.74) is 1.07. The van der Waals surface area contributed by atoms with Gasteiger partial charge in [-0.1, -0.05) is 25.0 Å². The van der Waals surface area contributed by atoms with Crippen LogP contribution in [0.25, 0.3) is 0 Å². The molecule has 0 bridgehead atoms. The van der Waals surface area contributed by atoms with Gasteiger partial charge in [0.05, 0.1) is 5.92 Å². The van der Waals surface area contributed by atoms with Crippen LogP contribution >= 0.6 is 0 Å². The summed E-state index contributed by atoms with van der Waals surface area (Å²) in [5, 5.41) is 15.6. The van der Waals surface area contributed by atoms with E-state index in [4.69, 9.17) is 0 Å². The van der Waals surface area contributed by atoms with Crippen LogP contribution in [0.1, 0.15) is 51.0 Å². The first-order valence-electron chi connectivity index (χ1n) is 10.1. The van der Waals surface area contributed by atoms with Crippen LogP contribution in [-0.2, 0) is 11.2 Å². The number of rotatable bonds is 5. The fraction of sp³-hybridized carbons (Fsp3) is 0.619. The van der Waals surface area contributed by atoms with E-state index in [1.54, 1.807) is 17.0 Å². The van der Waals surface area contributed by atoms with Crippen molar-refractivity contribution in [3.05, 3.63) is 29.8 Å². The summed E-state index contributed by atoms with van der Waals surface area (Å²) < 4.78 is 0. The average molecular weight is 373 g/mol. The molecule has 6 nitrogen and oxygen atoms in total. The Kier molecular flexibility index (Phi) is 6.58. The number of phenols is 1. The highest BCUT2D eigenvalue weighted by Gasteiger charge is 2.30. The van der Waals surface area contributed by atoms with Crippen molar-refractivity contribution in [1.82, 2.24) is 15.5 Å². The van der Waals surface area contributed by atoms with Crippen LogP contribution in [0.15, 0.2) is 24.3 Å². The van der Waals surface area contributed by atoms with Gasteiger partial charge in [0, 0.05) is 25.2 Å². The number of carbonyl (C=O) groups excluding carboxylic acids is 2. The van der Waals surface area contributed by atoms with Crippen molar-refractivity contribution in [3.63, 3.8) is 0 Å².